The molecule has 0 aliphatic carbocycles. The molecule has 0 radical (unpaired) electrons. The zero-order valence-electron chi connectivity index (χ0n) is 13.9. The van der Waals surface area contributed by atoms with Crippen LogP contribution in [0.2, 0.25) is 0 Å². The monoisotopic (exact) mass is 333 g/mol. The van der Waals surface area contributed by atoms with Gasteiger partial charge in [-0.05, 0) is 42.2 Å². The Morgan fingerprint density at radius 1 is 1.12 bits per heavy atom. The molecule has 2 aliphatic rings. The molecule has 1 N–H and O–H groups in total. The highest BCUT2D eigenvalue weighted by Crippen LogP contribution is 2.25. The molecule has 1 aromatic carbocycles. The van der Waals surface area contributed by atoms with Crippen molar-refractivity contribution in [2.75, 3.05) is 18.5 Å². The number of anilines is 1. The van der Waals surface area contributed by atoms with Crippen LogP contribution in [0.3, 0.4) is 0 Å². The third-order valence-corrected chi connectivity index (χ3v) is 4.87. The van der Waals surface area contributed by atoms with E-state index in [4.69, 9.17) is 9.84 Å². The van der Waals surface area contributed by atoms with Gasteiger partial charge in [-0.25, -0.2) is 9.50 Å². The van der Waals surface area contributed by atoms with Gasteiger partial charge in [0.05, 0.1) is 18.4 Å². The molecule has 4 heterocycles. The van der Waals surface area contributed by atoms with Crippen molar-refractivity contribution < 1.29 is 4.74 Å². The van der Waals surface area contributed by atoms with Gasteiger partial charge in [-0.2, -0.15) is 0 Å². The molecule has 0 saturated carbocycles. The van der Waals surface area contributed by atoms with Crippen LogP contribution in [0.25, 0.3) is 16.9 Å². The van der Waals surface area contributed by atoms with Crippen LogP contribution in [0.5, 0.6) is 0 Å². The Hall–Kier alpha value is -2.73. The average molecular weight is 333 g/mol. The van der Waals surface area contributed by atoms with E-state index in [1.165, 1.54) is 11.1 Å². The third-order valence-electron chi connectivity index (χ3n) is 4.87. The maximum absolute atomic E-state index is 5.42. The first-order valence-electron chi connectivity index (χ1n) is 8.69. The largest absolute Gasteiger partial charge is 0.381 e. The maximum Gasteiger partial charge on any atom is 0.154 e. The number of aliphatic imine (C=N–C) groups is 1. The van der Waals surface area contributed by atoms with Crippen molar-refractivity contribution in [2.45, 2.75) is 25.4 Å². The number of nitrogens with zero attached hydrogens (tertiary/aromatic N) is 4. The molecule has 2 aliphatic heterocycles. The molecule has 25 heavy (non-hydrogen) atoms. The van der Waals surface area contributed by atoms with Gasteiger partial charge in [0.25, 0.3) is 0 Å². The summed E-state index contributed by atoms with van der Waals surface area (Å²) in [5, 5.41) is 8.29. The zero-order chi connectivity index (χ0) is 16.6. The van der Waals surface area contributed by atoms with Gasteiger partial charge in [0, 0.05) is 31.0 Å². The number of fused-ring (bicyclic) bond motifs is 2. The Bertz CT molecular complexity index is 956. The summed E-state index contributed by atoms with van der Waals surface area (Å²) < 4.78 is 7.34. The lowest BCUT2D eigenvalue weighted by molar-refractivity contribution is 0.0903. The number of nitrogens with one attached hydrogen (secondary N) is 1. The molecule has 0 unspecified atom stereocenters. The molecule has 2 aromatic heterocycles. The van der Waals surface area contributed by atoms with Gasteiger partial charge in [0.15, 0.2) is 5.65 Å². The number of benzene rings is 1. The summed E-state index contributed by atoms with van der Waals surface area (Å²) in [4.78, 5) is 8.83. The molecular formula is C19H19N5O. The van der Waals surface area contributed by atoms with Crippen LogP contribution >= 0.6 is 0 Å². The summed E-state index contributed by atoms with van der Waals surface area (Å²) >= 11 is 0. The fourth-order valence-corrected chi connectivity index (χ4v) is 3.47. The second kappa shape index (κ2) is 5.97. The smallest absolute Gasteiger partial charge is 0.154 e. The SMILES string of the molecule is C1=NCc2cc(-c3cnc4ccc(NC5CCOCC5)nn34)ccc21. The molecule has 5 rings (SSSR count). The Labute approximate surface area is 145 Å². The average Bonchev–Trinajstić information content (AvgIpc) is 3.28. The van der Waals surface area contributed by atoms with Gasteiger partial charge in [-0.1, -0.05) is 12.1 Å². The summed E-state index contributed by atoms with van der Waals surface area (Å²) in [6.45, 7) is 2.38. The molecule has 1 saturated heterocycles. The minimum absolute atomic E-state index is 0.419. The summed E-state index contributed by atoms with van der Waals surface area (Å²) in [5.74, 6) is 0.878. The van der Waals surface area contributed by atoms with Gasteiger partial charge >= 0.3 is 0 Å². The lowest BCUT2D eigenvalue weighted by Crippen LogP contribution is -2.28. The van der Waals surface area contributed by atoms with E-state index < -0.39 is 0 Å². The van der Waals surface area contributed by atoms with Crippen LogP contribution in [0.4, 0.5) is 5.82 Å². The van der Waals surface area contributed by atoms with Crippen molar-refractivity contribution in [3.63, 3.8) is 0 Å². The van der Waals surface area contributed by atoms with Gasteiger partial charge in [-0.15, -0.1) is 5.10 Å². The summed E-state index contributed by atoms with van der Waals surface area (Å²) in [6.07, 6.45) is 5.85. The van der Waals surface area contributed by atoms with Crippen molar-refractivity contribution in [1.29, 1.82) is 0 Å². The lowest BCUT2D eigenvalue weighted by Gasteiger charge is -2.23. The molecule has 0 amide bonds. The van der Waals surface area contributed by atoms with Crippen LogP contribution in [-0.4, -0.2) is 40.1 Å². The van der Waals surface area contributed by atoms with E-state index in [9.17, 15) is 0 Å². The number of rotatable bonds is 3. The Balaban J connectivity index is 1.50. The second-order valence-electron chi connectivity index (χ2n) is 6.55. The van der Waals surface area contributed by atoms with E-state index in [0.29, 0.717) is 6.04 Å². The molecular weight excluding hydrogens is 314 g/mol. The van der Waals surface area contributed by atoms with Crippen molar-refractivity contribution in [3.8, 4) is 11.3 Å². The number of hydrogen-bond donors (Lipinski definition) is 1. The molecule has 0 atom stereocenters. The highest BCUT2D eigenvalue weighted by atomic mass is 16.5. The molecule has 1 fully saturated rings. The predicted molar refractivity (Wildman–Crippen MR) is 97.2 cm³/mol. The standard InChI is InChI=1S/C19H19N5O/c1-2-14-10-20-11-15(14)9-13(1)17-12-21-19-4-3-18(23-24(17)19)22-16-5-7-25-8-6-16/h1-4,9-10,12,16H,5-8,11H2,(H,22,23). The van der Waals surface area contributed by atoms with Gasteiger partial charge in [0.2, 0.25) is 0 Å². The normalized spacial score (nSPS) is 17.1. The van der Waals surface area contributed by atoms with E-state index in [2.05, 4.69) is 33.5 Å². The first kappa shape index (κ1) is 14.6. The van der Waals surface area contributed by atoms with Crippen molar-refractivity contribution in [2.24, 2.45) is 4.99 Å². The first-order valence-corrected chi connectivity index (χ1v) is 8.69. The predicted octanol–water partition coefficient (Wildman–Crippen LogP) is 2.92. The fourth-order valence-electron chi connectivity index (χ4n) is 3.47. The number of aromatic nitrogens is 3. The number of hydrogen-bond acceptors (Lipinski definition) is 5. The highest BCUT2D eigenvalue weighted by molar-refractivity contribution is 5.85. The van der Waals surface area contributed by atoms with Crippen molar-refractivity contribution in [3.05, 3.63) is 47.7 Å². The lowest BCUT2D eigenvalue weighted by atomic mass is 10.0. The van der Waals surface area contributed by atoms with E-state index in [-0.39, 0.29) is 0 Å². The van der Waals surface area contributed by atoms with Crippen LogP contribution in [0.15, 0.2) is 41.5 Å². The van der Waals surface area contributed by atoms with E-state index in [0.717, 1.165) is 55.3 Å². The van der Waals surface area contributed by atoms with Crippen molar-refractivity contribution >= 4 is 17.7 Å². The molecule has 0 spiro atoms. The summed E-state index contributed by atoms with van der Waals surface area (Å²) in [5.41, 5.74) is 5.42. The van der Waals surface area contributed by atoms with E-state index in [1.54, 1.807) is 0 Å². The van der Waals surface area contributed by atoms with E-state index >= 15 is 0 Å². The Kier molecular flexibility index (Phi) is 3.48. The molecule has 3 aromatic rings. The fraction of sp³-hybridized carbons (Fsp3) is 0.316. The Morgan fingerprint density at radius 3 is 2.96 bits per heavy atom. The molecule has 6 heteroatoms. The topological polar surface area (TPSA) is 63.8 Å². The molecule has 126 valence electrons. The minimum Gasteiger partial charge on any atom is -0.381 e. The van der Waals surface area contributed by atoms with Gasteiger partial charge in [-0.3, -0.25) is 4.99 Å². The highest BCUT2D eigenvalue weighted by Gasteiger charge is 2.15. The zero-order valence-corrected chi connectivity index (χ0v) is 13.9. The third kappa shape index (κ3) is 2.68. The first-order chi connectivity index (χ1) is 12.4. The maximum atomic E-state index is 5.42. The van der Waals surface area contributed by atoms with Crippen molar-refractivity contribution in [1.82, 2.24) is 14.6 Å². The van der Waals surface area contributed by atoms with Crippen LogP contribution < -0.4 is 5.32 Å². The second-order valence-corrected chi connectivity index (χ2v) is 6.55. The van der Waals surface area contributed by atoms with Gasteiger partial charge < -0.3 is 10.1 Å². The van der Waals surface area contributed by atoms with Crippen LogP contribution in [0, 0.1) is 0 Å². The number of imidazole rings is 1. The Morgan fingerprint density at radius 2 is 2.04 bits per heavy atom. The van der Waals surface area contributed by atoms with Crippen LogP contribution in [-0.2, 0) is 11.3 Å². The summed E-state index contributed by atoms with van der Waals surface area (Å²) in [6, 6.07) is 10.8. The summed E-state index contributed by atoms with van der Waals surface area (Å²) in [7, 11) is 0. The number of ether oxygens (including phenoxy) is 1. The quantitative estimate of drug-likeness (QED) is 0.800. The van der Waals surface area contributed by atoms with Crippen LogP contribution in [0.1, 0.15) is 24.0 Å². The molecule has 0 bridgehead atoms. The minimum atomic E-state index is 0.419. The van der Waals surface area contributed by atoms with Gasteiger partial charge in [0.1, 0.15) is 5.82 Å². The van der Waals surface area contributed by atoms with E-state index in [1.807, 2.05) is 29.1 Å². The molecule has 6 nitrogen and oxygen atoms in total.